The van der Waals surface area contributed by atoms with Gasteiger partial charge in [-0.25, -0.2) is 9.97 Å². The molecule has 0 radical (unpaired) electrons. The number of pyridine rings is 2. The van der Waals surface area contributed by atoms with E-state index in [1.165, 1.54) is 5.39 Å². The molecule has 5 heterocycles. The molecular formula is C48H30N6S. The normalized spacial score (nSPS) is 11.6. The molecule has 7 heteroatoms. The molecule has 0 fully saturated rings. The van der Waals surface area contributed by atoms with Crippen molar-refractivity contribution in [3.05, 3.63) is 182 Å². The van der Waals surface area contributed by atoms with Gasteiger partial charge in [0.15, 0.2) is 0 Å². The van der Waals surface area contributed by atoms with Crippen LogP contribution in [0.25, 0.3) is 98.9 Å². The molecule has 0 N–H and O–H groups in total. The predicted octanol–water partition coefficient (Wildman–Crippen LogP) is 12.2. The van der Waals surface area contributed by atoms with Crippen LogP contribution in [0.1, 0.15) is 0 Å². The first-order valence-electron chi connectivity index (χ1n) is 18.2. The fourth-order valence-corrected chi connectivity index (χ4v) is 8.73. The van der Waals surface area contributed by atoms with Crippen LogP contribution in [0.3, 0.4) is 0 Å². The highest BCUT2D eigenvalue weighted by atomic mass is 32.1. The monoisotopic (exact) mass is 722 g/mol. The zero-order valence-electron chi connectivity index (χ0n) is 29.4. The average Bonchev–Trinajstić information content (AvgIpc) is 3.98. The van der Waals surface area contributed by atoms with E-state index in [1.54, 1.807) is 11.3 Å². The van der Waals surface area contributed by atoms with E-state index in [0.717, 1.165) is 93.5 Å². The van der Waals surface area contributed by atoms with Crippen LogP contribution in [0.2, 0.25) is 0 Å². The van der Waals surface area contributed by atoms with Crippen molar-refractivity contribution >= 4 is 54.9 Å². The van der Waals surface area contributed by atoms with Crippen LogP contribution in [0.4, 0.5) is 0 Å². The first kappa shape index (κ1) is 31.3. The van der Waals surface area contributed by atoms with Crippen LogP contribution < -0.4 is 0 Å². The van der Waals surface area contributed by atoms with Gasteiger partial charge in [0.25, 0.3) is 0 Å². The molecule has 0 spiro atoms. The number of benzene rings is 6. The number of nitrogens with zero attached hydrogens (tertiary/aromatic N) is 6. The molecule has 0 bridgehead atoms. The van der Waals surface area contributed by atoms with Crippen molar-refractivity contribution in [2.75, 3.05) is 0 Å². The predicted molar refractivity (Wildman–Crippen MR) is 226 cm³/mol. The topological polar surface area (TPSA) is 61.4 Å². The van der Waals surface area contributed by atoms with Gasteiger partial charge >= 0.3 is 0 Å². The summed E-state index contributed by atoms with van der Waals surface area (Å²) in [6, 6.07) is 63.2. The minimum atomic E-state index is 0.855. The van der Waals surface area contributed by atoms with Gasteiger partial charge in [0.2, 0.25) is 0 Å². The molecule has 0 amide bonds. The summed E-state index contributed by atoms with van der Waals surface area (Å²) in [5, 5.41) is 16.0. The minimum absolute atomic E-state index is 0.855. The maximum atomic E-state index is 5.19. The van der Waals surface area contributed by atoms with Gasteiger partial charge in [0, 0.05) is 43.8 Å². The zero-order valence-corrected chi connectivity index (χ0v) is 30.2. The van der Waals surface area contributed by atoms with Crippen molar-refractivity contribution in [3.63, 3.8) is 0 Å². The first-order valence-corrected chi connectivity index (χ1v) is 19.1. The van der Waals surface area contributed by atoms with Crippen LogP contribution in [-0.2, 0) is 0 Å². The second kappa shape index (κ2) is 12.7. The van der Waals surface area contributed by atoms with Crippen molar-refractivity contribution in [1.82, 2.24) is 29.3 Å². The van der Waals surface area contributed by atoms with E-state index in [-0.39, 0.29) is 0 Å². The smallest absolute Gasteiger partial charge is 0.150 e. The van der Waals surface area contributed by atoms with E-state index in [0.29, 0.717) is 0 Å². The lowest BCUT2D eigenvalue weighted by atomic mass is 10.1. The Balaban J connectivity index is 1.04. The molecule has 0 aliphatic rings. The number of para-hydroxylation sites is 3. The average molecular weight is 723 g/mol. The van der Waals surface area contributed by atoms with Gasteiger partial charge in [-0.3, -0.25) is 9.13 Å². The van der Waals surface area contributed by atoms with E-state index in [4.69, 9.17) is 20.2 Å². The van der Waals surface area contributed by atoms with Gasteiger partial charge < -0.3 is 0 Å². The number of aromatic nitrogens is 6. The summed E-state index contributed by atoms with van der Waals surface area (Å²) in [6.07, 6.45) is 0. The van der Waals surface area contributed by atoms with Gasteiger partial charge in [0.05, 0.1) is 33.5 Å². The highest BCUT2D eigenvalue weighted by Crippen LogP contribution is 2.41. The SMILES string of the molecule is c1ccc(-c2cccc(-n3c4ccccc4c4cc(-c5nnc(-c6cccc7c8ccccc8n(-c8cccc(-c9ccccc9)n8)c67)s5)ccc43)n2)cc1. The third kappa shape index (κ3) is 5.16. The second-order valence-corrected chi connectivity index (χ2v) is 14.5. The van der Waals surface area contributed by atoms with Gasteiger partial charge in [-0.1, -0.05) is 133 Å². The van der Waals surface area contributed by atoms with Crippen molar-refractivity contribution in [2.24, 2.45) is 0 Å². The minimum Gasteiger partial charge on any atom is -0.294 e. The molecule has 0 unspecified atom stereocenters. The molecule has 55 heavy (non-hydrogen) atoms. The van der Waals surface area contributed by atoms with Crippen LogP contribution in [0.5, 0.6) is 0 Å². The Morgan fingerprint density at radius 1 is 0.364 bits per heavy atom. The Morgan fingerprint density at radius 3 is 1.58 bits per heavy atom. The molecular weight excluding hydrogens is 693 g/mol. The van der Waals surface area contributed by atoms with E-state index in [1.807, 2.05) is 36.4 Å². The van der Waals surface area contributed by atoms with Gasteiger partial charge in [-0.15, -0.1) is 10.2 Å². The summed E-state index contributed by atoms with van der Waals surface area (Å²) < 4.78 is 4.53. The number of fused-ring (bicyclic) bond motifs is 6. The van der Waals surface area contributed by atoms with E-state index in [2.05, 4.69) is 155 Å². The van der Waals surface area contributed by atoms with Gasteiger partial charge in [0.1, 0.15) is 21.7 Å². The summed E-state index contributed by atoms with van der Waals surface area (Å²) in [7, 11) is 0. The highest BCUT2D eigenvalue weighted by molar-refractivity contribution is 7.18. The fraction of sp³-hybridized carbons (Fsp3) is 0. The largest absolute Gasteiger partial charge is 0.294 e. The van der Waals surface area contributed by atoms with Crippen molar-refractivity contribution in [3.8, 4) is 55.3 Å². The molecule has 0 saturated carbocycles. The van der Waals surface area contributed by atoms with Gasteiger partial charge in [-0.2, -0.15) is 0 Å². The van der Waals surface area contributed by atoms with Crippen LogP contribution >= 0.6 is 11.3 Å². The number of hydrogen-bond acceptors (Lipinski definition) is 5. The highest BCUT2D eigenvalue weighted by Gasteiger charge is 2.21. The van der Waals surface area contributed by atoms with E-state index in [9.17, 15) is 0 Å². The van der Waals surface area contributed by atoms with Crippen molar-refractivity contribution in [2.45, 2.75) is 0 Å². The Bertz CT molecular complexity index is 3210. The van der Waals surface area contributed by atoms with Crippen molar-refractivity contribution < 1.29 is 0 Å². The lowest BCUT2D eigenvalue weighted by Crippen LogP contribution is -1.99. The van der Waals surface area contributed by atoms with Gasteiger partial charge in [-0.05, 0) is 60.7 Å². The molecule has 0 atom stereocenters. The molecule has 6 nitrogen and oxygen atoms in total. The maximum Gasteiger partial charge on any atom is 0.150 e. The summed E-state index contributed by atoms with van der Waals surface area (Å²) in [6.45, 7) is 0. The molecule has 11 rings (SSSR count). The number of hydrogen-bond donors (Lipinski definition) is 0. The number of rotatable bonds is 6. The Labute approximate surface area is 320 Å². The summed E-state index contributed by atoms with van der Waals surface area (Å²) in [5.41, 5.74) is 10.4. The molecule has 0 aliphatic heterocycles. The molecule has 5 aromatic heterocycles. The first-order chi connectivity index (χ1) is 27.3. The van der Waals surface area contributed by atoms with Crippen molar-refractivity contribution in [1.29, 1.82) is 0 Å². The zero-order chi connectivity index (χ0) is 36.3. The lowest BCUT2D eigenvalue weighted by Gasteiger charge is -2.11. The quantitative estimate of drug-likeness (QED) is 0.171. The van der Waals surface area contributed by atoms with E-state index >= 15 is 0 Å². The van der Waals surface area contributed by atoms with Crippen LogP contribution in [0, 0.1) is 0 Å². The summed E-state index contributed by atoms with van der Waals surface area (Å²) >= 11 is 1.61. The van der Waals surface area contributed by atoms with E-state index < -0.39 is 0 Å². The maximum absolute atomic E-state index is 5.19. The Morgan fingerprint density at radius 2 is 0.891 bits per heavy atom. The molecule has 258 valence electrons. The third-order valence-electron chi connectivity index (χ3n) is 10.3. The standard InChI is InChI=1S/C48H30N6S/c1-3-14-31(15-4-1)39-22-12-26-44(49-39)53-41-24-9-8-19-35(41)38-30-33(28-29-43(38)53)47-51-52-48(55-47)37-21-11-20-36-34-18-7-10-25-42(34)54(46(36)37)45-27-13-23-40(50-45)32-16-5-2-6-17-32/h1-30H. The molecule has 11 aromatic rings. The fourth-order valence-electron chi connectivity index (χ4n) is 7.87. The van der Waals surface area contributed by atoms with Crippen LogP contribution in [-0.4, -0.2) is 29.3 Å². The molecule has 0 aliphatic carbocycles. The molecule has 0 saturated heterocycles. The Kier molecular flexibility index (Phi) is 7.25. The Hall–Kier alpha value is -7.22. The second-order valence-electron chi connectivity index (χ2n) is 13.5. The molecule has 6 aromatic carbocycles. The lowest BCUT2D eigenvalue weighted by molar-refractivity contribution is 1.08. The van der Waals surface area contributed by atoms with Crippen LogP contribution in [0.15, 0.2) is 182 Å². The third-order valence-corrected chi connectivity index (χ3v) is 11.3. The summed E-state index contributed by atoms with van der Waals surface area (Å²) in [4.78, 5) is 10.3. The summed E-state index contributed by atoms with van der Waals surface area (Å²) in [5.74, 6) is 1.74.